The first-order valence-electron chi connectivity index (χ1n) is 5.96. The summed E-state index contributed by atoms with van der Waals surface area (Å²) in [6, 6.07) is 4.98. The molecule has 1 aromatic rings. The van der Waals surface area contributed by atoms with Gasteiger partial charge in [0.1, 0.15) is 0 Å². The zero-order valence-electron chi connectivity index (χ0n) is 10.5. The first-order valence-corrected chi connectivity index (χ1v) is 5.96. The number of rotatable bonds is 3. The normalized spacial score (nSPS) is 18.9. The minimum absolute atomic E-state index is 0.0933. The molecule has 1 fully saturated rings. The number of benzene rings is 1. The molecule has 2 rings (SSSR count). The smallest absolute Gasteiger partial charge is 0.270 e. The lowest BCUT2D eigenvalue weighted by atomic mass is 9.83. The fourth-order valence-corrected chi connectivity index (χ4v) is 2.26. The summed E-state index contributed by atoms with van der Waals surface area (Å²) in [5, 5.41) is 0. The van der Waals surface area contributed by atoms with Crippen LogP contribution in [0.5, 0.6) is 0 Å². The summed E-state index contributed by atoms with van der Waals surface area (Å²) >= 11 is 0. The van der Waals surface area contributed by atoms with E-state index in [1.54, 1.807) is 12.1 Å². The Morgan fingerprint density at radius 2 is 2.00 bits per heavy atom. The average molecular weight is 240 g/mol. The van der Waals surface area contributed by atoms with E-state index >= 15 is 0 Å². The Morgan fingerprint density at radius 3 is 2.41 bits per heavy atom. The lowest BCUT2D eigenvalue weighted by Crippen LogP contribution is -2.32. The number of hydrogen-bond donors (Lipinski definition) is 0. The molecule has 0 amide bonds. The molecule has 94 valence electrons. The summed E-state index contributed by atoms with van der Waals surface area (Å²) in [6.07, 6.45) is 0. The van der Waals surface area contributed by atoms with Crippen molar-refractivity contribution < 1.29 is 13.5 Å². The van der Waals surface area contributed by atoms with E-state index in [1.165, 1.54) is 0 Å². The van der Waals surface area contributed by atoms with Crippen LogP contribution < -0.4 is 0 Å². The van der Waals surface area contributed by atoms with Gasteiger partial charge in [0, 0.05) is 18.4 Å². The van der Waals surface area contributed by atoms with Gasteiger partial charge in [-0.3, -0.25) is 0 Å². The standard InChI is InChI=1S/C14H18F2O/c1-9-6-12(14(3,15)16)4-5-13(9)10(2)11-7-17-8-11/h4-6,10-11H,7-8H2,1-3H3/t10-/m1/s1. The molecule has 1 atom stereocenters. The molecule has 1 aromatic carbocycles. The molecule has 0 N–H and O–H groups in total. The van der Waals surface area contributed by atoms with E-state index in [1.807, 2.05) is 13.0 Å². The Labute approximate surface area is 101 Å². The van der Waals surface area contributed by atoms with Gasteiger partial charge in [-0.15, -0.1) is 0 Å². The second-order valence-corrected chi connectivity index (χ2v) is 5.05. The fraction of sp³-hybridized carbons (Fsp3) is 0.571. The molecule has 0 saturated carbocycles. The van der Waals surface area contributed by atoms with Crippen LogP contribution >= 0.6 is 0 Å². The molecule has 0 spiro atoms. The molecule has 0 aliphatic carbocycles. The van der Waals surface area contributed by atoms with E-state index in [0.717, 1.165) is 31.3 Å². The topological polar surface area (TPSA) is 9.23 Å². The zero-order chi connectivity index (χ0) is 12.6. The van der Waals surface area contributed by atoms with Crippen LogP contribution in [0.1, 0.15) is 36.5 Å². The van der Waals surface area contributed by atoms with Gasteiger partial charge in [0.25, 0.3) is 5.92 Å². The Morgan fingerprint density at radius 1 is 1.35 bits per heavy atom. The third-order valence-electron chi connectivity index (χ3n) is 3.64. The summed E-state index contributed by atoms with van der Waals surface area (Å²) in [7, 11) is 0. The molecule has 0 radical (unpaired) electrons. The fourth-order valence-electron chi connectivity index (χ4n) is 2.26. The minimum atomic E-state index is -2.76. The highest BCUT2D eigenvalue weighted by Crippen LogP contribution is 2.34. The summed E-state index contributed by atoms with van der Waals surface area (Å²) < 4.78 is 31.5. The third kappa shape index (κ3) is 2.49. The Kier molecular flexibility index (Phi) is 3.21. The molecular weight excluding hydrogens is 222 g/mol. The van der Waals surface area contributed by atoms with Gasteiger partial charge in [-0.2, -0.15) is 0 Å². The molecular formula is C14H18F2O. The van der Waals surface area contributed by atoms with Crippen LogP contribution in [0.15, 0.2) is 18.2 Å². The third-order valence-corrected chi connectivity index (χ3v) is 3.64. The molecule has 0 bridgehead atoms. The van der Waals surface area contributed by atoms with Crippen LogP contribution in [0.25, 0.3) is 0 Å². The number of halogens is 2. The second kappa shape index (κ2) is 4.37. The van der Waals surface area contributed by atoms with E-state index in [2.05, 4.69) is 6.92 Å². The maximum absolute atomic E-state index is 13.2. The highest BCUT2D eigenvalue weighted by molar-refractivity contribution is 5.35. The van der Waals surface area contributed by atoms with E-state index in [-0.39, 0.29) is 5.56 Å². The predicted octanol–water partition coefficient (Wildman–Crippen LogP) is 3.86. The number of alkyl halides is 2. The lowest BCUT2D eigenvalue weighted by Gasteiger charge is -2.32. The maximum Gasteiger partial charge on any atom is 0.270 e. The second-order valence-electron chi connectivity index (χ2n) is 5.05. The Bertz CT molecular complexity index is 405. The first kappa shape index (κ1) is 12.5. The van der Waals surface area contributed by atoms with Crippen molar-refractivity contribution in [2.75, 3.05) is 13.2 Å². The summed E-state index contributed by atoms with van der Waals surface area (Å²) in [5.41, 5.74) is 2.20. The zero-order valence-corrected chi connectivity index (χ0v) is 10.5. The van der Waals surface area contributed by atoms with Crippen LogP contribution in [0.4, 0.5) is 8.78 Å². The minimum Gasteiger partial charge on any atom is -0.381 e. The van der Waals surface area contributed by atoms with Crippen LogP contribution in [0, 0.1) is 12.8 Å². The van der Waals surface area contributed by atoms with Crippen molar-refractivity contribution in [3.8, 4) is 0 Å². The van der Waals surface area contributed by atoms with Crippen LogP contribution in [-0.4, -0.2) is 13.2 Å². The lowest BCUT2D eigenvalue weighted by molar-refractivity contribution is -0.0424. The van der Waals surface area contributed by atoms with Crippen molar-refractivity contribution in [3.05, 3.63) is 34.9 Å². The molecule has 0 aromatic heterocycles. The molecule has 3 heteroatoms. The van der Waals surface area contributed by atoms with Gasteiger partial charge in [-0.1, -0.05) is 19.1 Å². The molecule has 1 aliphatic rings. The molecule has 1 aliphatic heterocycles. The first-order chi connectivity index (χ1) is 7.89. The van der Waals surface area contributed by atoms with Crippen molar-refractivity contribution >= 4 is 0 Å². The van der Waals surface area contributed by atoms with E-state index < -0.39 is 5.92 Å². The summed E-state index contributed by atoms with van der Waals surface area (Å²) in [4.78, 5) is 0. The number of hydrogen-bond acceptors (Lipinski definition) is 1. The monoisotopic (exact) mass is 240 g/mol. The van der Waals surface area contributed by atoms with Gasteiger partial charge in [-0.25, -0.2) is 8.78 Å². The highest BCUT2D eigenvalue weighted by atomic mass is 19.3. The van der Waals surface area contributed by atoms with Gasteiger partial charge in [0.15, 0.2) is 0 Å². The molecule has 1 nitrogen and oxygen atoms in total. The summed E-state index contributed by atoms with van der Waals surface area (Å²) in [5.74, 6) is -1.85. The van der Waals surface area contributed by atoms with Gasteiger partial charge in [0.05, 0.1) is 13.2 Å². The largest absolute Gasteiger partial charge is 0.381 e. The van der Waals surface area contributed by atoms with Crippen LogP contribution in [-0.2, 0) is 10.7 Å². The van der Waals surface area contributed by atoms with Gasteiger partial charge < -0.3 is 4.74 Å². The number of ether oxygens (including phenoxy) is 1. The van der Waals surface area contributed by atoms with Crippen LogP contribution in [0.2, 0.25) is 0 Å². The molecule has 17 heavy (non-hydrogen) atoms. The van der Waals surface area contributed by atoms with Gasteiger partial charge in [0.2, 0.25) is 0 Å². The predicted molar refractivity (Wildman–Crippen MR) is 63.5 cm³/mol. The molecule has 0 unspecified atom stereocenters. The summed E-state index contributed by atoms with van der Waals surface area (Å²) in [6.45, 7) is 6.54. The number of aryl methyl sites for hydroxylation is 1. The van der Waals surface area contributed by atoms with Crippen molar-refractivity contribution in [1.82, 2.24) is 0 Å². The van der Waals surface area contributed by atoms with Crippen molar-refractivity contribution in [2.45, 2.75) is 32.6 Å². The quantitative estimate of drug-likeness (QED) is 0.779. The maximum atomic E-state index is 13.2. The van der Waals surface area contributed by atoms with E-state index in [9.17, 15) is 8.78 Å². The average Bonchev–Trinajstić information content (AvgIpc) is 2.12. The van der Waals surface area contributed by atoms with Gasteiger partial charge >= 0.3 is 0 Å². The van der Waals surface area contributed by atoms with Crippen molar-refractivity contribution in [3.63, 3.8) is 0 Å². The van der Waals surface area contributed by atoms with E-state index in [0.29, 0.717) is 11.8 Å². The van der Waals surface area contributed by atoms with Crippen molar-refractivity contribution in [1.29, 1.82) is 0 Å². The van der Waals surface area contributed by atoms with E-state index in [4.69, 9.17) is 4.74 Å². The van der Waals surface area contributed by atoms with Crippen molar-refractivity contribution in [2.24, 2.45) is 5.92 Å². The molecule has 1 heterocycles. The van der Waals surface area contributed by atoms with Gasteiger partial charge in [-0.05, 0) is 30.0 Å². The highest BCUT2D eigenvalue weighted by Gasteiger charge is 2.29. The Balaban J connectivity index is 2.25. The van der Waals surface area contributed by atoms with Crippen LogP contribution in [0.3, 0.4) is 0 Å². The molecule has 1 saturated heterocycles. The SMILES string of the molecule is Cc1cc(C(C)(F)F)ccc1[C@H](C)C1COC1. The Hall–Kier alpha value is -0.960.